The minimum absolute atomic E-state index is 0.261. The van der Waals surface area contributed by atoms with E-state index in [1.54, 1.807) is 31.2 Å². The number of aromatic nitrogens is 1. The second-order valence-electron chi connectivity index (χ2n) is 8.26. The molecule has 1 aliphatic heterocycles. The molecule has 0 saturated carbocycles. The molecule has 4 aromatic rings. The minimum Gasteiger partial charge on any atom is -0.466 e. The van der Waals surface area contributed by atoms with Gasteiger partial charge in [-0.3, -0.25) is 9.36 Å². The lowest BCUT2D eigenvalue weighted by Gasteiger charge is -2.24. The Kier molecular flexibility index (Phi) is 6.12. The minimum atomic E-state index is -0.755. The van der Waals surface area contributed by atoms with Gasteiger partial charge < -0.3 is 9.47 Å². The molecule has 8 heteroatoms. The van der Waals surface area contributed by atoms with Crippen molar-refractivity contribution in [2.24, 2.45) is 4.99 Å². The zero-order valence-corrected chi connectivity index (χ0v) is 20.7. The number of rotatable bonds is 4. The van der Waals surface area contributed by atoms with Crippen molar-refractivity contribution >= 4 is 40.1 Å². The summed E-state index contributed by atoms with van der Waals surface area (Å²) in [5.41, 5.74) is 2.42. The van der Waals surface area contributed by atoms with E-state index in [2.05, 4.69) is 4.99 Å². The topological polar surface area (TPSA) is 87.0 Å². The molecule has 0 fully saturated rings. The van der Waals surface area contributed by atoms with Crippen LogP contribution in [0.5, 0.6) is 0 Å². The quantitative estimate of drug-likeness (QED) is 0.403. The molecule has 0 N–H and O–H groups in total. The summed E-state index contributed by atoms with van der Waals surface area (Å²) in [6.07, 6.45) is 1.86. The zero-order valence-electron chi connectivity index (χ0n) is 19.8. The van der Waals surface area contributed by atoms with E-state index in [0.717, 1.165) is 16.3 Å². The summed E-state index contributed by atoms with van der Waals surface area (Å²) < 4.78 is 11.9. The number of nitrogens with zero attached hydrogens (tertiary/aromatic N) is 2. The fourth-order valence-electron chi connectivity index (χ4n) is 4.44. The molecule has 3 aromatic carbocycles. The van der Waals surface area contributed by atoms with Crippen LogP contribution in [0.1, 0.15) is 34.5 Å². The predicted octanol–water partition coefficient (Wildman–Crippen LogP) is 3.35. The van der Waals surface area contributed by atoms with Crippen molar-refractivity contribution in [3.8, 4) is 0 Å². The van der Waals surface area contributed by atoms with Gasteiger partial charge in [0, 0.05) is 0 Å². The summed E-state index contributed by atoms with van der Waals surface area (Å²) in [5, 5.41) is 2.11. The fraction of sp³-hybridized carbons (Fsp3) is 0.143. The van der Waals surface area contributed by atoms with Gasteiger partial charge >= 0.3 is 11.9 Å². The first-order valence-corrected chi connectivity index (χ1v) is 12.0. The molecular formula is C28H22N2O5S. The number of carbonyl (C=O) groups is 2. The van der Waals surface area contributed by atoms with Crippen molar-refractivity contribution in [2.75, 3.05) is 14.2 Å². The van der Waals surface area contributed by atoms with E-state index in [9.17, 15) is 14.4 Å². The van der Waals surface area contributed by atoms with E-state index in [-0.39, 0.29) is 11.1 Å². The Hall–Kier alpha value is -4.30. The predicted molar refractivity (Wildman–Crippen MR) is 138 cm³/mol. The van der Waals surface area contributed by atoms with Gasteiger partial charge in [0.25, 0.3) is 5.56 Å². The maximum absolute atomic E-state index is 13.8. The van der Waals surface area contributed by atoms with Gasteiger partial charge in [-0.25, -0.2) is 14.6 Å². The number of thiazole rings is 1. The highest BCUT2D eigenvalue weighted by molar-refractivity contribution is 7.07. The number of esters is 2. The Morgan fingerprint density at radius 3 is 2.36 bits per heavy atom. The average molecular weight is 499 g/mol. The van der Waals surface area contributed by atoms with Crippen LogP contribution >= 0.6 is 11.3 Å². The number of ether oxygens (including phenoxy) is 2. The molecule has 0 saturated heterocycles. The molecule has 5 rings (SSSR count). The molecule has 1 atom stereocenters. The lowest BCUT2D eigenvalue weighted by Crippen LogP contribution is -2.39. The van der Waals surface area contributed by atoms with Crippen LogP contribution in [-0.4, -0.2) is 30.7 Å². The summed E-state index contributed by atoms with van der Waals surface area (Å²) >= 11 is 1.27. The standard InChI is InChI=1S/C28H22N2O5S/c1-16-23(27(33)35-3)24(18-11-13-19(14-12-18)26(32)34-2)30-25(31)22(36-28(30)29-16)15-20-9-6-8-17-7-4-5-10-21(17)20/h4-15,24H,1-3H3/b22-15-/t24-/m0/s1. The van der Waals surface area contributed by atoms with Crippen molar-refractivity contribution in [1.82, 2.24) is 4.57 Å². The van der Waals surface area contributed by atoms with E-state index < -0.39 is 18.0 Å². The Morgan fingerprint density at radius 1 is 0.944 bits per heavy atom. The average Bonchev–Trinajstić information content (AvgIpc) is 3.21. The third-order valence-corrected chi connectivity index (χ3v) is 7.17. The lowest BCUT2D eigenvalue weighted by molar-refractivity contribution is -0.136. The van der Waals surface area contributed by atoms with Crippen LogP contribution in [0.4, 0.5) is 0 Å². The number of allylic oxidation sites excluding steroid dienone is 1. The highest BCUT2D eigenvalue weighted by Gasteiger charge is 2.33. The van der Waals surface area contributed by atoms with Crippen LogP contribution in [0.15, 0.2) is 87.8 Å². The molecule has 0 bridgehead atoms. The summed E-state index contributed by atoms with van der Waals surface area (Å²) in [4.78, 5) is 43.6. The summed E-state index contributed by atoms with van der Waals surface area (Å²) in [6, 6.07) is 19.8. The van der Waals surface area contributed by atoms with Crippen LogP contribution < -0.4 is 14.9 Å². The van der Waals surface area contributed by atoms with Gasteiger partial charge in [0.15, 0.2) is 4.80 Å². The summed E-state index contributed by atoms with van der Waals surface area (Å²) in [6.45, 7) is 1.73. The zero-order chi connectivity index (χ0) is 25.4. The molecule has 1 aliphatic rings. The van der Waals surface area contributed by atoms with Crippen molar-refractivity contribution in [3.63, 3.8) is 0 Å². The van der Waals surface area contributed by atoms with Gasteiger partial charge in [-0.05, 0) is 47.0 Å². The van der Waals surface area contributed by atoms with Crippen LogP contribution in [0, 0.1) is 0 Å². The molecule has 36 heavy (non-hydrogen) atoms. The van der Waals surface area contributed by atoms with Crippen molar-refractivity contribution in [2.45, 2.75) is 13.0 Å². The van der Waals surface area contributed by atoms with Gasteiger partial charge in [0.1, 0.15) is 0 Å². The third kappa shape index (κ3) is 3.95. The van der Waals surface area contributed by atoms with Gasteiger partial charge in [0.2, 0.25) is 0 Å². The van der Waals surface area contributed by atoms with E-state index in [4.69, 9.17) is 9.47 Å². The number of carbonyl (C=O) groups excluding carboxylic acids is 2. The SMILES string of the molecule is COC(=O)C1=C(C)N=c2s/c(=C\c3cccc4ccccc34)c(=O)n2[C@H]1c1ccc(C(=O)OC)cc1. The normalized spacial score (nSPS) is 15.4. The molecule has 1 aromatic heterocycles. The number of benzene rings is 3. The van der Waals surface area contributed by atoms with Gasteiger partial charge in [-0.15, -0.1) is 0 Å². The van der Waals surface area contributed by atoms with E-state index in [0.29, 0.717) is 26.2 Å². The summed E-state index contributed by atoms with van der Waals surface area (Å²) in [5.74, 6) is -1.04. The van der Waals surface area contributed by atoms with E-state index >= 15 is 0 Å². The first-order chi connectivity index (χ1) is 17.4. The second-order valence-corrected chi connectivity index (χ2v) is 9.26. The van der Waals surface area contributed by atoms with Gasteiger partial charge in [-0.1, -0.05) is 65.9 Å². The van der Waals surface area contributed by atoms with E-state index in [1.165, 1.54) is 30.1 Å². The Bertz CT molecular complexity index is 1720. The van der Waals surface area contributed by atoms with Crippen molar-refractivity contribution in [3.05, 3.63) is 114 Å². The van der Waals surface area contributed by atoms with Crippen LogP contribution in [-0.2, 0) is 14.3 Å². The first-order valence-electron chi connectivity index (χ1n) is 11.2. The fourth-order valence-corrected chi connectivity index (χ4v) is 5.48. The maximum atomic E-state index is 13.8. The van der Waals surface area contributed by atoms with Gasteiger partial charge in [-0.2, -0.15) is 0 Å². The monoisotopic (exact) mass is 498 g/mol. The van der Waals surface area contributed by atoms with Gasteiger partial charge in [0.05, 0.1) is 41.6 Å². The molecular weight excluding hydrogens is 476 g/mol. The third-order valence-electron chi connectivity index (χ3n) is 6.18. The number of methoxy groups -OCH3 is 2. The van der Waals surface area contributed by atoms with Crippen molar-refractivity contribution in [1.29, 1.82) is 0 Å². The number of hydrogen-bond acceptors (Lipinski definition) is 7. The largest absolute Gasteiger partial charge is 0.466 e. The van der Waals surface area contributed by atoms with Crippen molar-refractivity contribution < 1.29 is 19.1 Å². The van der Waals surface area contributed by atoms with Crippen LogP contribution in [0.3, 0.4) is 0 Å². The smallest absolute Gasteiger partial charge is 0.338 e. The summed E-state index contributed by atoms with van der Waals surface area (Å²) in [7, 11) is 2.61. The molecule has 0 radical (unpaired) electrons. The van der Waals surface area contributed by atoms with Crippen LogP contribution in [0.2, 0.25) is 0 Å². The number of fused-ring (bicyclic) bond motifs is 2. The molecule has 0 aliphatic carbocycles. The Balaban J connectivity index is 1.73. The van der Waals surface area contributed by atoms with E-state index in [1.807, 2.05) is 48.5 Å². The number of hydrogen-bond donors (Lipinski definition) is 0. The highest BCUT2D eigenvalue weighted by Crippen LogP contribution is 2.31. The molecule has 180 valence electrons. The Morgan fingerprint density at radius 2 is 1.64 bits per heavy atom. The highest BCUT2D eigenvalue weighted by atomic mass is 32.1. The van der Waals surface area contributed by atoms with Crippen LogP contribution in [0.25, 0.3) is 16.8 Å². The molecule has 2 heterocycles. The lowest BCUT2D eigenvalue weighted by atomic mass is 9.95. The molecule has 0 amide bonds. The molecule has 0 unspecified atom stereocenters. The second kappa shape index (κ2) is 9.39. The maximum Gasteiger partial charge on any atom is 0.338 e. The molecule has 0 spiro atoms. The Labute approximate surface area is 210 Å². The molecule has 7 nitrogen and oxygen atoms in total. The first kappa shape index (κ1) is 23.4.